The van der Waals surface area contributed by atoms with Crippen LogP contribution in [0.15, 0.2) is 55.0 Å². The van der Waals surface area contributed by atoms with Gasteiger partial charge in [-0.3, -0.25) is 0 Å². The van der Waals surface area contributed by atoms with E-state index in [0.717, 1.165) is 34.5 Å². The van der Waals surface area contributed by atoms with Crippen LogP contribution in [-0.2, 0) is 16.2 Å². The molecule has 4 heterocycles. The van der Waals surface area contributed by atoms with Crippen molar-refractivity contribution in [1.82, 2.24) is 34.5 Å². The molecule has 7 heteroatoms. The third-order valence-electron chi connectivity index (χ3n) is 5.74. The molecule has 0 amide bonds. The quantitative estimate of drug-likeness (QED) is 0.435. The fourth-order valence-corrected chi connectivity index (χ4v) is 3.50. The van der Waals surface area contributed by atoms with Gasteiger partial charge in [0.25, 0.3) is 0 Å². The van der Waals surface area contributed by atoms with Crippen molar-refractivity contribution in [3.05, 3.63) is 77.9 Å². The summed E-state index contributed by atoms with van der Waals surface area (Å²) in [5, 5.41) is 9.38. The Bertz CT molecular complexity index is 1170. The van der Waals surface area contributed by atoms with Crippen LogP contribution in [0.3, 0.4) is 0 Å². The molecule has 0 bridgehead atoms. The second kappa shape index (κ2) is 7.90. The van der Waals surface area contributed by atoms with E-state index < -0.39 is 5.41 Å². The highest BCUT2D eigenvalue weighted by Gasteiger charge is 2.28. The Morgan fingerprint density at radius 2 is 1.18 bits per heavy atom. The maximum Gasteiger partial charge on any atom is 0.156 e. The second-order valence-corrected chi connectivity index (χ2v) is 11.0. The molecule has 0 unspecified atom stereocenters. The molecule has 0 N–H and O–H groups in total. The van der Waals surface area contributed by atoms with Gasteiger partial charge in [-0.2, -0.15) is 5.10 Å². The van der Waals surface area contributed by atoms with Gasteiger partial charge in [0.15, 0.2) is 17.5 Å². The highest BCUT2D eigenvalue weighted by molar-refractivity contribution is 5.36. The van der Waals surface area contributed by atoms with Crippen LogP contribution < -0.4 is 0 Å². The van der Waals surface area contributed by atoms with E-state index in [1.165, 1.54) is 0 Å². The Morgan fingerprint density at radius 3 is 1.67 bits per heavy atom. The third-order valence-corrected chi connectivity index (χ3v) is 5.74. The minimum atomic E-state index is -0.417. The zero-order valence-corrected chi connectivity index (χ0v) is 20.8. The number of hydrogen-bond acceptors (Lipinski definition) is 5. The SMILES string of the molecule is CC(C)(C)c1ccn(-c2cccc(C(C)(C)c3cccc(-n4cnc(C(C)(C)C)n4)n3)n2)n1. The van der Waals surface area contributed by atoms with E-state index in [2.05, 4.69) is 71.5 Å². The van der Waals surface area contributed by atoms with Crippen LogP contribution >= 0.6 is 0 Å². The number of nitrogens with zero attached hydrogens (tertiary/aromatic N) is 7. The first-order chi connectivity index (χ1) is 15.4. The molecule has 0 saturated carbocycles. The van der Waals surface area contributed by atoms with Gasteiger partial charge in [-0.05, 0) is 44.2 Å². The van der Waals surface area contributed by atoms with Crippen molar-refractivity contribution in [2.75, 3.05) is 0 Å². The molecule has 4 aromatic rings. The van der Waals surface area contributed by atoms with Crippen molar-refractivity contribution in [2.45, 2.75) is 71.6 Å². The van der Waals surface area contributed by atoms with Gasteiger partial charge in [-0.15, -0.1) is 5.10 Å². The van der Waals surface area contributed by atoms with Gasteiger partial charge in [-0.25, -0.2) is 24.3 Å². The van der Waals surface area contributed by atoms with Gasteiger partial charge < -0.3 is 0 Å². The second-order valence-electron chi connectivity index (χ2n) is 11.0. The van der Waals surface area contributed by atoms with Gasteiger partial charge in [0.05, 0.1) is 17.1 Å². The van der Waals surface area contributed by atoms with E-state index in [4.69, 9.17) is 15.1 Å². The average Bonchev–Trinajstić information content (AvgIpc) is 3.44. The van der Waals surface area contributed by atoms with Gasteiger partial charge in [0.1, 0.15) is 6.33 Å². The van der Waals surface area contributed by atoms with Crippen LogP contribution in [0.25, 0.3) is 11.6 Å². The maximum absolute atomic E-state index is 4.95. The van der Waals surface area contributed by atoms with E-state index in [-0.39, 0.29) is 10.8 Å². The summed E-state index contributed by atoms with van der Waals surface area (Å²) < 4.78 is 3.58. The normalized spacial score (nSPS) is 12.8. The lowest BCUT2D eigenvalue weighted by molar-refractivity contribution is 0.542. The minimum Gasteiger partial charge on any atom is -0.233 e. The minimum absolute atomic E-state index is 0.0132. The van der Waals surface area contributed by atoms with E-state index >= 15 is 0 Å². The monoisotopic (exact) mass is 443 g/mol. The molecule has 0 spiro atoms. The van der Waals surface area contributed by atoms with Gasteiger partial charge in [0, 0.05) is 22.4 Å². The predicted molar refractivity (Wildman–Crippen MR) is 130 cm³/mol. The molecule has 0 aromatic carbocycles. The molecule has 0 fully saturated rings. The number of rotatable bonds is 4. The Morgan fingerprint density at radius 1 is 0.606 bits per heavy atom. The van der Waals surface area contributed by atoms with E-state index in [1.807, 2.05) is 47.3 Å². The summed E-state index contributed by atoms with van der Waals surface area (Å²) in [6, 6.07) is 14.1. The van der Waals surface area contributed by atoms with Crippen molar-refractivity contribution in [2.24, 2.45) is 0 Å². The summed E-state index contributed by atoms with van der Waals surface area (Å²) in [5.74, 6) is 2.32. The van der Waals surface area contributed by atoms with Crippen molar-refractivity contribution in [3.63, 3.8) is 0 Å². The molecule has 0 atom stereocenters. The maximum atomic E-state index is 4.95. The summed E-state index contributed by atoms with van der Waals surface area (Å²) >= 11 is 0. The molecule has 7 nitrogen and oxygen atoms in total. The summed E-state index contributed by atoms with van der Waals surface area (Å²) in [4.78, 5) is 14.3. The summed E-state index contributed by atoms with van der Waals surface area (Å²) in [6.07, 6.45) is 3.69. The lowest BCUT2D eigenvalue weighted by atomic mass is 9.84. The number of hydrogen-bond donors (Lipinski definition) is 0. The molecule has 4 aromatic heterocycles. The summed E-state index contributed by atoms with van der Waals surface area (Å²) in [7, 11) is 0. The van der Waals surface area contributed by atoms with Crippen molar-refractivity contribution >= 4 is 0 Å². The highest BCUT2D eigenvalue weighted by atomic mass is 15.4. The molecule has 0 saturated heterocycles. The largest absolute Gasteiger partial charge is 0.233 e. The number of pyridine rings is 2. The van der Waals surface area contributed by atoms with Gasteiger partial charge >= 0.3 is 0 Å². The van der Waals surface area contributed by atoms with Gasteiger partial charge in [0.2, 0.25) is 0 Å². The Labute approximate surface area is 195 Å². The summed E-state index contributed by atoms with van der Waals surface area (Å²) in [6.45, 7) is 17.0. The smallest absolute Gasteiger partial charge is 0.156 e. The Kier molecular flexibility index (Phi) is 5.47. The molecule has 33 heavy (non-hydrogen) atoms. The Hall–Kier alpha value is -3.35. The average molecular weight is 444 g/mol. The van der Waals surface area contributed by atoms with Crippen LogP contribution in [0.2, 0.25) is 0 Å². The van der Waals surface area contributed by atoms with Crippen molar-refractivity contribution in [1.29, 1.82) is 0 Å². The standard InChI is InChI=1S/C26H33N7/c1-24(2,3)18-15-16-32(30-18)21-13-9-11-19(28-21)26(7,8)20-12-10-14-22(29-20)33-17-27-23(31-33)25(4,5)6/h9-17H,1-8H3. The molecular formula is C26H33N7. The fourth-order valence-electron chi connectivity index (χ4n) is 3.50. The fraction of sp³-hybridized carbons (Fsp3) is 0.423. The van der Waals surface area contributed by atoms with Crippen LogP contribution in [0.5, 0.6) is 0 Å². The molecule has 4 rings (SSSR count). The van der Waals surface area contributed by atoms with Crippen LogP contribution in [0.4, 0.5) is 0 Å². The lowest BCUT2D eigenvalue weighted by Crippen LogP contribution is -2.23. The zero-order chi connectivity index (χ0) is 24.0. The van der Waals surface area contributed by atoms with E-state index in [1.54, 1.807) is 11.0 Å². The lowest BCUT2D eigenvalue weighted by Gasteiger charge is -2.24. The van der Waals surface area contributed by atoms with Crippen molar-refractivity contribution in [3.8, 4) is 11.6 Å². The number of aromatic nitrogens is 7. The third kappa shape index (κ3) is 4.58. The molecule has 0 radical (unpaired) electrons. The van der Waals surface area contributed by atoms with E-state index in [9.17, 15) is 0 Å². The molecule has 0 aliphatic heterocycles. The zero-order valence-electron chi connectivity index (χ0n) is 20.8. The van der Waals surface area contributed by atoms with Crippen LogP contribution in [-0.4, -0.2) is 34.5 Å². The first kappa shape index (κ1) is 22.8. The van der Waals surface area contributed by atoms with Crippen LogP contribution in [0, 0.1) is 0 Å². The predicted octanol–water partition coefficient (Wildman–Crippen LogP) is 5.16. The van der Waals surface area contributed by atoms with Gasteiger partial charge in [-0.1, -0.05) is 53.7 Å². The first-order valence-corrected chi connectivity index (χ1v) is 11.3. The Balaban J connectivity index is 1.68. The molecule has 172 valence electrons. The highest BCUT2D eigenvalue weighted by Crippen LogP contribution is 2.30. The summed E-state index contributed by atoms with van der Waals surface area (Å²) in [5.41, 5.74) is 2.32. The topological polar surface area (TPSA) is 74.3 Å². The molecule has 0 aliphatic carbocycles. The molecular weight excluding hydrogens is 410 g/mol. The molecule has 0 aliphatic rings. The van der Waals surface area contributed by atoms with Crippen molar-refractivity contribution < 1.29 is 0 Å². The first-order valence-electron chi connectivity index (χ1n) is 11.3. The van der Waals surface area contributed by atoms with E-state index in [0.29, 0.717) is 0 Å². The van der Waals surface area contributed by atoms with Crippen LogP contribution in [0.1, 0.15) is 78.3 Å².